The van der Waals surface area contributed by atoms with E-state index in [1.54, 1.807) is 28.8 Å². The summed E-state index contributed by atoms with van der Waals surface area (Å²) in [5.41, 5.74) is 3.94. The maximum Gasteiger partial charge on any atom is 0.254 e. The summed E-state index contributed by atoms with van der Waals surface area (Å²) >= 11 is 0. The molecule has 7 heteroatoms. The largest absolute Gasteiger partial charge is 0.439 e. The number of para-hydroxylation sites is 1. The third-order valence-corrected chi connectivity index (χ3v) is 5.88. The standard InChI is InChI=1S/C29H30FN3O3/c1-4-27-26(20-32(18-19-35-3)28(34)22-12-10-21(2)11-13-22)29(36-25-8-6-5-7-9-25)33(31-27)24-16-14-23(30)15-17-24/h5-17H,4,18-20H2,1-3H3. The minimum atomic E-state index is -0.332. The van der Waals surface area contributed by atoms with Gasteiger partial charge in [-0.15, -0.1) is 0 Å². The number of ether oxygens (including phenoxy) is 2. The molecule has 186 valence electrons. The third-order valence-electron chi connectivity index (χ3n) is 5.88. The van der Waals surface area contributed by atoms with E-state index in [0.29, 0.717) is 42.5 Å². The molecule has 6 nitrogen and oxygen atoms in total. The summed E-state index contributed by atoms with van der Waals surface area (Å²) in [6.45, 7) is 5.07. The maximum atomic E-state index is 13.6. The number of carbonyl (C=O) groups is 1. The summed E-state index contributed by atoms with van der Waals surface area (Å²) in [4.78, 5) is 15.3. The number of nitrogens with zero attached hydrogens (tertiary/aromatic N) is 3. The molecular weight excluding hydrogens is 457 g/mol. The second-order valence-corrected chi connectivity index (χ2v) is 8.47. The highest BCUT2D eigenvalue weighted by Crippen LogP contribution is 2.32. The molecule has 0 saturated heterocycles. The van der Waals surface area contributed by atoms with E-state index in [0.717, 1.165) is 16.8 Å². The second-order valence-electron chi connectivity index (χ2n) is 8.47. The van der Waals surface area contributed by atoms with Gasteiger partial charge in [-0.1, -0.05) is 42.8 Å². The van der Waals surface area contributed by atoms with E-state index in [4.69, 9.17) is 14.6 Å². The molecule has 4 rings (SSSR count). The van der Waals surface area contributed by atoms with Crippen molar-refractivity contribution >= 4 is 5.91 Å². The van der Waals surface area contributed by atoms with Crippen LogP contribution in [0.3, 0.4) is 0 Å². The zero-order valence-electron chi connectivity index (χ0n) is 20.8. The summed E-state index contributed by atoms with van der Waals surface area (Å²) in [6.07, 6.45) is 0.630. The van der Waals surface area contributed by atoms with Crippen molar-refractivity contribution in [3.8, 4) is 17.3 Å². The van der Waals surface area contributed by atoms with Gasteiger partial charge in [-0.25, -0.2) is 9.07 Å². The molecule has 0 unspecified atom stereocenters. The highest BCUT2D eigenvalue weighted by Gasteiger charge is 2.25. The average Bonchev–Trinajstić information content (AvgIpc) is 3.24. The summed E-state index contributed by atoms with van der Waals surface area (Å²) in [7, 11) is 1.61. The lowest BCUT2D eigenvalue weighted by Crippen LogP contribution is -2.33. The predicted molar refractivity (Wildman–Crippen MR) is 137 cm³/mol. The van der Waals surface area contributed by atoms with Gasteiger partial charge in [0.2, 0.25) is 5.88 Å². The van der Waals surface area contributed by atoms with Crippen LogP contribution in [0, 0.1) is 12.7 Å². The first-order valence-electron chi connectivity index (χ1n) is 11.9. The molecule has 3 aromatic carbocycles. The highest BCUT2D eigenvalue weighted by molar-refractivity contribution is 5.94. The van der Waals surface area contributed by atoms with Crippen molar-refractivity contribution in [1.82, 2.24) is 14.7 Å². The number of carbonyl (C=O) groups excluding carboxylic acids is 1. The van der Waals surface area contributed by atoms with Crippen LogP contribution in [-0.2, 0) is 17.7 Å². The first-order chi connectivity index (χ1) is 17.5. The number of aryl methyl sites for hydroxylation is 2. The van der Waals surface area contributed by atoms with E-state index in [-0.39, 0.29) is 18.3 Å². The molecule has 4 aromatic rings. The Bertz CT molecular complexity index is 1290. The van der Waals surface area contributed by atoms with E-state index in [2.05, 4.69) is 0 Å². The Morgan fingerprint density at radius 1 is 1.00 bits per heavy atom. The molecule has 1 aromatic heterocycles. The first-order valence-corrected chi connectivity index (χ1v) is 11.9. The fourth-order valence-corrected chi connectivity index (χ4v) is 3.91. The second kappa shape index (κ2) is 11.6. The van der Waals surface area contributed by atoms with Crippen molar-refractivity contribution in [2.24, 2.45) is 0 Å². The molecule has 0 spiro atoms. The summed E-state index contributed by atoms with van der Waals surface area (Å²) in [5, 5.41) is 4.80. The number of methoxy groups -OCH3 is 1. The Morgan fingerprint density at radius 3 is 2.33 bits per heavy atom. The van der Waals surface area contributed by atoms with Gasteiger partial charge in [-0.3, -0.25) is 4.79 Å². The van der Waals surface area contributed by atoms with Gasteiger partial charge < -0.3 is 14.4 Å². The monoisotopic (exact) mass is 487 g/mol. The average molecular weight is 488 g/mol. The van der Waals surface area contributed by atoms with E-state index in [1.165, 1.54) is 12.1 Å². The Morgan fingerprint density at radius 2 is 1.69 bits per heavy atom. The zero-order valence-corrected chi connectivity index (χ0v) is 20.8. The van der Waals surface area contributed by atoms with Crippen LogP contribution in [0.1, 0.15) is 34.1 Å². The van der Waals surface area contributed by atoms with Crippen LogP contribution in [0.25, 0.3) is 5.69 Å². The number of amides is 1. The van der Waals surface area contributed by atoms with E-state index < -0.39 is 0 Å². The number of aromatic nitrogens is 2. The van der Waals surface area contributed by atoms with Crippen LogP contribution in [-0.4, -0.2) is 40.8 Å². The summed E-state index contributed by atoms with van der Waals surface area (Å²) < 4.78 is 27.0. The summed E-state index contributed by atoms with van der Waals surface area (Å²) in [6, 6.07) is 23.0. The maximum absolute atomic E-state index is 13.6. The minimum absolute atomic E-state index is 0.103. The highest BCUT2D eigenvalue weighted by atomic mass is 19.1. The number of halogens is 1. The zero-order chi connectivity index (χ0) is 25.5. The SMILES string of the molecule is CCc1nn(-c2ccc(F)cc2)c(Oc2ccccc2)c1CN(CCOC)C(=O)c1ccc(C)cc1. The number of benzene rings is 3. The molecule has 0 radical (unpaired) electrons. The van der Waals surface area contributed by atoms with Crippen molar-refractivity contribution < 1.29 is 18.7 Å². The quantitative estimate of drug-likeness (QED) is 0.277. The van der Waals surface area contributed by atoms with Crippen molar-refractivity contribution in [2.45, 2.75) is 26.8 Å². The molecule has 0 aliphatic carbocycles. The fourth-order valence-electron chi connectivity index (χ4n) is 3.91. The molecule has 0 bridgehead atoms. The molecular formula is C29H30FN3O3. The lowest BCUT2D eigenvalue weighted by atomic mass is 10.1. The van der Waals surface area contributed by atoms with Crippen molar-refractivity contribution in [2.75, 3.05) is 20.3 Å². The minimum Gasteiger partial charge on any atom is -0.439 e. The molecule has 1 amide bonds. The van der Waals surface area contributed by atoms with Gasteiger partial charge in [-0.2, -0.15) is 5.10 Å². The fraction of sp³-hybridized carbons (Fsp3) is 0.241. The Hall–Kier alpha value is -3.97. The van der Waals surface area contributed by atoms with Gasteiger partial charge in [0, 0.05) is 19.2 Å². The Labute approximate surface area is 210 Å². The van der Waals surface area contributed by atoms with Crippen LogP contribution in [0.5, 0.6) is 11.6 Å². The van der Waals surface area contributed by atoms with Crippen LogP contribution in [0.15, 0.2) is 78.9 Å². The van der Waals surface area contributed by atoms with Gasteiger partial charge in [0.1, 0.15) is 11.6 Å². The summed E-state index contributed by atoms with van der Waals surface area (Å²) in [5.74, 6) is 0.692. The lowest BCUT2D eigenvalue weighted by Gasteiger charge is -2.23. The van der Waals surface area contributed by atoms with Crippen LogP contribution >= 0.6 is 0 Å². The molecule has 0 N–H and O–H groups in total. The van der Waals surface area contributed by atoms with E-state index >= 15 is 0 Å². The molecule has 1 heterocycles. The molecule has 0 saturated carbocycles. The Kier molecular flexibility index (Phi) is 8.13. The predicted octanol–water partition coefficient (Wildman–Crippen LogP) is 5.96. The topological polar surface area (TPSA) is 56.6 Å². The Balaban J connectivity index is 1.78. The molecule has 36 heavy (non-hydrogen) atoms. The third kappa shape index (κ3) is 5.80. The smallest absolute Gasteiger partial charge is 0.254 e. The van der Waals surface area contributed by atoms with Gasteiger partial charge in [0.05, 0.1) is 30.1 Å². The molecule has 0 aliphatic heterocycles. The van der Waals surface area contributed by atoms with Gasteiger partial charge in [0.25, 0.3) is 5.91 Å². The molecule has 0 fully saturated rings. The molecule has 0 aliphatic rings. The van der Waals surface area contributed by atoms with Gasteiger partial charge in [-0.05, 0) is 61.9 Å². The number of rotatable bonds is 10. The lowest BCUT2D eigenvalue weighted by molar-refractivity contribution is 0.0679. The van der Waals surface area contributed by atoms with Crippen LogP contribution in [0.4, 0.5) is 4.39 Å². The normalized spacial score (nSPS) is 10.9. The molecule has 0 atom stereocenters. The first kappa shape index (κ1) is 25.1. The van der Waals surface area contributed by atoms with Gasteiger partial charge in [0.15, 0.2) is 0 Å². The van der Waals surface area contributed by atoms with Crippen molar-refractivity contribution in [1.29, 1.82) is 0 Å². The van der Waals surface area contributed by atoms with E-state index in [9.17, 15) is 9.18 Å². The van der Waals surface area contributed by atoms with Crippen LogP contribution in [0.2, 0.25) is 0 Å². The number of hydrogen-bond acceptors (Lipinski definition) is 4. The van der Waals surface area contributed by atoms with Gasteiger partial charge >= 0.3 is 0 Å². The van der Waals surface area contributed by atoms with Crippen molar-refractivity contribution in [3.63, 3.8) is 0 Å². The van der Waals surface area contributed by atoms with Crippen molar-refractivity contribution in [3.05, 3.63) is 107 Å². The van der Waals surface area contributed by atoms with E-state index in [1.807, 2.05) is 68.4 Å². The number of hydrogen-bond donors (Lipinski definition) is 0. The van der Waals surface area contributed by atoms with Crippen LogP contribution < -0.4 is 4.74 Å².